The zero-order chi connectivity index (χ0) is 11.6. The number of carbonyl (C=O) groups is 1. The van der Waals surface area contributed by atoms with E-state index in [0.717, 1.165) is 0 Å². The third-order valence-electron chi connectivity index (χ3n) is 1.81. The Hall–Kier alpha value is -1.62. The fraction of sp³-hybridized carbons (Fsp3) is 0.222. The van der Waals surface area contributed by atoms with Crippen molar-refractivity contribution in [3.05, 3.63) is 16.7 Å². The molecule has 1 aromatic carbocycles. The van der Waals surface area contributed by atoms with Crippen LogP contribution in [0.15, 0.2) is 6.07 Å². The molecule has 15 heavy (non-hydrogen) atoms. The van der Waals surface area contributed by atoms with E-state index in [4.69, 9.17) is 26.2 Å². The summed E-state index contributed by atoms with van der Waals surface area (Å²) in [5.41, 5.74) is -0.415. The largest absolute Gasteiger partial charge is 0.505 e. The van der Waals surface area contributed by atoms with Crippen LogP contribution in [0.2, 0.25) is 5.02 Å². The highest BCUT2D eigenvalue weighted by molar-refractivity contribution is 6.33. The quantitative estimate of drug-likeness (QED) is 0.831. The number of aromatic hydroxyl groups is 1. The highest BCUT2D eigenvalue weighted by Gasteiger charge is 2.23. The summed E-state index contributed by atoms with van der Waals surface area (Å²) in [6, 6.07) is 1.28. The van der Waals surface area contributed by atoms with Crippen molar-refractivity contribution in [1.29, 1.82) is 0 Å². The minimum absolute atomic E-state index is 0.0631. The summed E-state index contributed by atoms with van der Waals surface area (Å²) in [7, 11) is 2.62. The van der Waals surface area contributed by atoms with Gasteiger partial charge in [-0.05, 0) is 0 Å². The number of hydrogen-bond donors (Lipinski definition) is 2. The van der Waals surface area contributed by atoms with Crippen LogP contribution in [-0.2, 0) is 0 Å². The van der Waals surface area contributed by atoms with Gasteiger partial charge < -0.3 is 19.7 Å². The molecule has 0 heterocycles. The number of phenols is 1. The lowest BCUT2D eigenvalue weighted by atomic mass is 10.1. The van der Waals surface area contributed by atoms with Crippen molar-refractivity contribution in [3.8, 4) is 17.2 Å². The van der Waals surface area contributed by atoms with Gasteiger partial charge in [-0.2, -0.15) is 0 Å². The molecule has 6 heteroatoms. The van der Waals surface area contributed by atoms with Crippen LogP contribution in [0, 0.1) is 0 Å². The standard InChI is InChI=1S/C9H9ClO5/c1-14-5-3-4(10)7(11)6(9(12)13)8(5)15-2/h3,11H,1-2H3,(H,12,13). The first-order valence-corrected chi connectivity index (χ1v) is 4.27. The highest BCUT2D eigenvalue weighted by atomic mass is 35.5. The van der Waals surface area contributed by atoms with E-state index in [1.807, 2.05) is 0 Å². The first-order valence-electron chi connectivity index (χ1n) is 3.89. The minimum Gasteiger partial charge on any atom is -0.505 e. The van der Waals surface area contributed by atoms with Crippen molar-refractivity contribution in [2.75, 3.05) is 14.2 Å². The van der Waals surface area contributed by atoms with Gasteiger partial charge in [0.25, 0.3) is 0 Å². The maximum atomic E-state index is 10.9. The third-order valence-corrected chi connectivity index (χ3v) is 2.10. The number of carboxylic acid groups (broad SMARTS) is 1. The Morgan fingerprint density at radius 2 is 2.00 bits per heavy atom. The van der Waals surface area contributed by atoms with E-state index >= 15 is 0 Å². The molecular weight excluding hydrogens is 224 g/mol. The molecule has 2 N–H and O–H groups in total. The molecule has 0 amide bonds. The predicted octanol–water partition coefficient (Wildman–Crippen LogP) is 1.76. The van der Waals surface area contributed by atoms with Gasteiger partial charge in [-0.1, -0.05) is 11.6 Å². The lowest BCUT2D eigenvalue weighted by molar-refractivity contribution is 0.0689. The van der Waals surface area contributed by atoms with E-state index < -0.39 is 17.3 Å². The lowest BCUT2D eigenvalue weighted by Crippen LogP contribution is -2.03. The minimum atomic E-state index is -1.34. The summed E-state index contributed by atoms with van der Waals surface area (Å²) in [5.74, 6) is -1.79. The zero-order valence-corrected chi connectivity index (χ0v) is 8.83. The van der Waals surface area contributed by atoms with E-state index in [2.05, 4.69) is 0 Å². The fourth-order valence-electron chi connectivity index (χ4n) is 1.15. The molecule has 0 atom stereocenters. The van der Waals surface area contributed by atoms with Crippen LogP contribution in [-0.4, -0.2) is 30.4 Å². The average molecular weight is 233 g/mol. The Kier molecular flexibility index (Phi) is 3.26. The molecule has 1 rings (SSSR count). The van der Waals surface area contributed by atoms with Gasteiger partial charge in [-0.15, -0.1) is 0 Å². The van der Waals surface area contributed by atoms with Gasteiger partial charge in [-0.3, -0.25) is 0 Å². The fourth-order valence-corrected chi connectivity index (χ4v) is 1.35. The second-order valence-corrected chi connectivity index (χ2v) is 3.03. The normalized spacial score (nSPS) is 9.80. The van der Waals surface area contributed by atoms with Gasteiger partial charge in [0.15, 0.2) is 17.2 Å². The van der Waals surface area contributed by atoms with Crippen molar-refractivity contribution in [2.24, 2.45) is 0 Å². The number of rotatable bonds is 3. The number of halogens is 1. The molecule has 0 bridgehead atoms. The molecule has 0 radical (unpaired) electrons. The smallest absolute Gasteiger partial charge is 0.343 e. The number of carboxylic acids is 1. The van der Waals surface area contributed by atoms with Crippen molar-refractivity contribution in [1.82, 2.24) is 0 Å². The maximum Gasteiger partial charge on any atom is 0.343 e. The maximum absolute atomic E-state index is 10.9. The topological polar surface area (TPSA) is 76.0 Å². The molecule has 0 aliphatic rings. The number of aromatic carboxylic acids is 1. The molecule has 0 aromatic heterocycles. The molecule has 82 valence electrons. The molecule has 0 fully saturated rings. The van der Waals surface area contributed by atoms with E-state index in [0.29, 0.717) is 0 Å². The van der Waals surface area contributed by atoms with Gasteiger partial charge in [-0.25, -0.2) is 4.79 Å². The lowest BCUT2D eigenvalue weighted by Gasteiger charge is -2.12. The van der Waals surface area contributed by atoms with Gasteiger partial charge in [0.05, 0.1) is 19.2 Å². The van der Waals surface area contributed by atoms with Crippen LogP contribution in [0.25, 0.3) is 0 Å². The monoisotopic (exact) mass is 232 g/mol. The van der Waals surface area contributed by atoms with Crippen LogP contribution >= 0.6 is 11.6 Å². The Morgan fingerprint density at radius 1 is 1.40 bits per heavy atom. The second-order valence-electron chi connectivity index (χ2n) is 2.62. The molecular formula is C9H9ClO5. The molecule has 1 aromatic rings. The van der Waals surface area contributed by atoms with Gasteiger partial charge in [0, 0.05) is 6.07 Å². The third kappa shape index (κ3) is 1.92. The highest BCUT2D eigenvalue weighted by Crippen LogP contribution is 2.41. The average Bonchev–Trinajstić information content (AvgIpc) is 2.20. The van der Waals surface area contributed by atoms with E-state index in [9.17, 15) is 9.90 Å². The van der Waals surface area contributed by atoms with E-state index in [-0.39, 0.29) is 16.5 Å². The summed E-state index contributed by atoms with van der Waals surface area (Å²) in [4.78, 5) is 10.9. The Morgan fingerprint density at radius 3 is 2.40 bits per heavy atom. The zero-order valence-electron chi connectivity index (χ0n) is 8.07. The number of hydrogen-bond acceptors (Lipinski definition) is 4. The summed E-state index contributed by atoms with van der Waals surface area (Å²) in [6.07, 6.45) is 0. The van der Waals surface area contributed by atoms with E-state index in [1.165, 1.54) is 20.3 Å². The Bertz CT molecular complexity index is 402. The first-order chi connectivity index (χ1) is 7.02. The van der Waals surface area contributed by atoms with Crippen molar-refractivity contribution in [3.63, 3.8) is 0 Å². The van der Waals surface area contributed by atoms with Crippen LogP contribution in [0.1, 0.15) is 10.4 Å². The summed E-state index contributed by atoms with van der Waals surface area (Å²) in [5, 5.41) is 18.2. The van der Waals surface area contributed by atoms with Crippen molar-refractivity contribution < 1.29 is 24.5 Å². The molecule has 0 aliphatic heterocycles. The summed E-state index contributed by atoms with van der Waals surface area (Å²) < 4.78 is 9.72. The summed E-state index contributed by atoms with van der Waals surface area (Å²) in [6.45, 7) is 0. The van der Waals surface area contributed by atoms with Crippen LogP contribution in [0.5, 0.6) is 17.2 Å². The number of ether oxygens (including phenoxy) is 2. The SMILES string of the molecule is COc1cc(Cl)c(O)c(C(=O)O)c1OC. The molecule has 0 spiro atoms. The van der Waals surface area contributed by atoms with Gasteiger partial charge in [0.2, 0.25) is 0 Å². The molecule has 0 unspecified atom stereocenters. The molecule has 0 aliphatic carbocycles. The number of benzene rings is 1. The Balaban J connectivity index is 3.56. The van der Waals surface area contributed by atoms with Crippen molar-refractivity contribution >= 4 is 17.6 Å². The van der Waals surface area contributed by atoms with Crippen molar-refractivity contribution in [2.45, 2.75) is 0 Å². The molecule has 5 nitrogen and oxygen atoms in total. The van der Waals surface area contributed by atoms with Crippen LogP contribution < -0.4 is 9.47 Å². The van der Waals surface area contributed by atoms with Crippen LogP contribution in [0.4, 0.5) is 0 Å². The van der Waals surface area contributed by atoms with E-state index in [1.54, 1.807) is 0 Å². The Labute approximate surface area is 90.8 Å². The molecule has 0 saturated heterocycles. The van der Waals surface area contributed by atoms with Gasteiger partial charge in [0.1, 0.15) is 5.56 Å². The molecule has 0 saturated carbocycles. The first kappa shape index (κ1) is 11.5. The predicted molar refractivity (Wildman–Crippen MR) is 53.2 cm³/mol. The van der Waals surface area contributed by atoms with Gasteiger partial charge >= 0.3 is 5.97 Å². The van der Waals surface area contributed by atoms with Crippen LogP contribution in [0.3, 0.4) is 0 Å². The summed E-state index contributed by atoms with van der Waals surface area (Å²) >= 11 is 5.62. The number of methoxy groups -OCH3 is 2. The second kappa shape index (κ2) is 4.27.